The third-order valence-electron chi connectivity index (χ3n) is 2.02. The zero-order valence-electron chi connectivity index (χ0n) is 7.60. The minimum Gasteiger partial charge on any atom is -0.298 e. The van der Waals surface area contributed by atoms with Gasteiger partial charge < -0.3 is 0 Å². The van der Waals surface area contributed by atoms with Crippen LogP contribution >= 0.6 is 0 Å². The van der Waals surface area contributed by atoms with Crippen LogP contribution in [0, 0.1) is 6.92 Å². The lowest BCUT2D eigenvalue weighted by Crippen LogP contribution is -2.18. The normalized spacial score (nSPS) is 10.4. The number of carbonyl (C=O) groups is 1. The Balaban J connectivity index is 2.91. The van der Waals surface area contributed by atoms with E-state index in [2.05, 4.69) is 4.98 Å². The molecule has 0 saturated heterocycles. The zero-order chi connectivity index (χ0) is 10.1. The molecule has 0 aromatic carbocycles. The summed E-state index contributed by atoms with van der Waals surface area (Å²) in [6.07, 6.45) is 3.43. The molecule has 0 saturated carbocycles. The average molecular weight is 188 g/mol. The van der Waals surface area contributed by atoms with Gasteiger partial charge in [-0.2, -0.15) is 0 Å². The maximum Gasteiger partial charge on any atom is 0.268 e. The van der Waals surface area contributed by atoms with Gasteiger partial charge in [-0.05, 0) is 24.6 Å². The maximum absolute atomic E-state index is 11.6. The molecule has 2 rings (SSSR count). The van der Waals surface area contributed by atoms with Crippen molar-refractivity contribution >= 4 is 11.9 Å². The Kier molecular flexibility index (Phi) is 1.89. The maximum atomic E-state index is 11.6. The highest BCUT2D eigenvalue weighted by Crippen LogP contribution is 2.01. The van der Waals surface area contributed by atoms with Crippen LogP contribution in [0.5, 0.6) is 0 Å². The van der Waals surface area contributed by atoms with Crippen molar-refractivity contribution in [3.8, 4) is 0 Å². The molecular weight excluding hydrogens is 180 g/mol. The van der Waals surface area contributed by atoms with Gasteiger partial charge in [0, 0.05) is 12.4 Å². The van der Waals surface area contributed by atoms with E-state index in [0.717, 1.165) is 5.56 Å². The third-order valence-corrected chi connectivity index (χ3v) is 2.02. The summed E-state index contributed by atoms with van der Waals surface area (Å²) in [4.78, 5) is 26.1. The Labute approximate surface area is 79.8 Å². The lowest BCUT2D eigenvalue weighted by atomic mass is 10.3. The number of fused-ring (bicyclic) bond motifs is 1. The molecule has 2 aromatic rings. The molecule has 0 radical (unpaired) electrons. The van der Waals surface area contributed by atoms with Crippen molar-refractivity contribution in [2.24, 2.45) is 0 Å². The second kappa shape index (κ2) is 3.06. The lowest BCUT2D eigenvalue weighted by molar-refractivity contribution is 0.112. The average Bonchev–Trinajstić information content (AvgIpc) is 2.18. The van der Waals surface area contributed by atoms with E-state index in [0.29, 0.717) is 11.9 Å². The molecule has 0 aliphatic rings. The van der Waals surface area contributed by atoms with Crippen molar-refractivity contribution in [3.63, 3.8) is 0 Å². The highest BCUT2D eigenvalue weighted by atomic mass is 16.1. The summed E-state index contributed by atoms with van der Waals surface area (Å²) in [6, 6.07) is 3.58. The van der Waals surface area contributed by atoms with Crippen molar-refractivity contribution in [3.05, 3.63) is 46.0 Å². The van der Waals surface area contributed by atoms with Gasteiger partial charge in [-0.15, -0.1) is 0 Å². The van der Waals surface area contributed by atoms with Gasteiger partial charge in [0.25, 0.3) is 5.56 Å². The molecule has 0 N–H and O–H groups in total. The zero-order valence-corrected chi connectivity index (χ0v) is 7.60. The van der Waals surface area contributed by atoms with E-state index in [1.807, 2.05) is 6.92 Å². The molecule has 70 valence electrons. The minimum atomic E-state index is -0.329. The number of nitrogens with zero attached hydrogens (tertiary/aromatic N) is 2. The van der Waals surface area contributed by atoms with Gasteiger partial charge in [-0.3, -0.25) is 14.0 Å². The molecule has 4 nitrogen and oxygen atoms in total. The summed E-state index contributed by atoms with van der Waals surface area (Å²) in [5.74, 6) is 0. The van der Waals surface area contributed by atoms with Gasteiger partial charge >= 0.3 is 0 Å². The fourth-order valence-corrected chi connectivity index (χ4v) is 1.27. The van der Waals surface area contributed by atoms with Crippen LogP contribution in [0.4, 0.5) is 0 Å². The summed E-state index contributed by atoms with van der Waals surface area (Å²) < 4.78 is 1.36. The topological polar surface area (TPSA) is 51.4 Å². The Hall–Kier alpha value is -1.97. The number of aromatic nitrogens is 2. The van der Waals surface area contributed by atoms with Crippen molar-refractivity contribution in [2.75, 3.05) is 0 Å². The van der Waals surface area contributed by atoms with E-state index in [4.69, 9.17) is 0 Å². The number of pyridine rings is 1. The molecule has 2 heterocycles. The molecule has 2 aromatic heterocycles. The lowest BCUT2D eigenvalue weighted by Gasteiger charge is -2.00. The van der Waals surface area contributed by atoms with Gasteiger partial charge in [0.05, 0.1) is 5.56 Å². The fraction of sp³-hybridized carbons (Fsp3) is 0.100. The van der Waals surface area contributed by atoms with Crippen LogP contribution in [0.3, 0.4) is 0 Å². The van der Waals surface area contributed by atoms with Crippen LogP contribution < -0.4 is 5.56 Å². The van der Waals surface area contributed by atoms with Crippen molar-refractivity contribution in [1.29, 1.82) is 0 Å². The Morgan fingerprint density at radius 3 is 3.00 bits per heavy atom. The Morgan fingerprint density at radius 1 is 1.50 bits per heavy atom. The standard InChI is InChI=1S/C10H8N2O2/c1-7-2-3-12-9(4-7)11-5-8(6-13)10(12)14/h2-6H,1H3. The number of aldehydes is 1. The molecule has 14 heavy (non-hydrogen) atoms. The highest BCUT2D eigenvalue weighted by Gasteiger charge is 2.02. The molecular formula is C10H8N2O2. The molecule has 0 fully saturated rings. The van der Waals surface area contributed by atoms with Crippen LogP contribution in [-0.2, 0) is 0 Å². The second-order valence-corrected chi connectivity index (χ2v) is 3.07. The van der Waals surface area contributed by atoms with Gasteiger partial charge in [0.2, 0.25) is 0 Å². The monoisotopic (exact) mass is 188 g/mol. The van der Waals surface area contributed by atoms with Gasteiger partial charge in [0.15, 0.2) is 6.29 Å². The first-order chi connectivity index (χ1) is 6.72. The van der Waals surface area contributed by atoms with E-state index in [-0.39, 0.29) is 11.1 Å². The minimum absolute atomic E-state index is 0.0753. The van der Waals surface area contributed by atoms with E-state index in [9.17, 15) is 9.59 Å². The van der Waals surface area contributed by atoms with E-state index in [1.165, 1.54) is 10.6 Å². The van der Waals surface area contributed by atoms with Crippen LogP contribution in [-0.4, -0.2) is 15.7 Å². The first kappa shape index (κ1) is 8.62. The fourth-order valence-electron chi connectivity index (χ4n) is 1.27. The molecule has 0 spiro atoms. The van der Waals surface area contributed by atoms with Crippen molar-refractivity contribution in [1.82, 2.24) is 9.38 Å². The number of aryl methyl sites for hydroxylation is 1. The van der Waals surface area contributed by atoms with E-state index in [1.54, 1.807) is 18.3 Å². The van der Waals surface area contributed by atoms with Gasteiger partial charge in [-0.1, -0.05) is 0 Å². The molecule has 0 bridgehead atoms. The first-order valence-electron chi connectivity index (χ1n) is 4.15. The van der Waals surface area contributed by atoms with Crippen LogP contribution in [0.1, 0.15) is 15.9 Å². The van der Waals surface area contributed by atoms with E-state index < -0.39 is 0 Å². The molecule has 0 atom stereocenters. The van der Waals surface area contributed by atoms with Crippen molar-refractivity contribution < 1.29 is 4.79 Å². The third kappa shape index (κ3) is 1.21. The largest absolute Gasteiger partial charge is 0.298 e. The molecule has 0 aliphatic carbocycles. The van der Waals surface area contributed by atoms with Crippen LogP contribution in [0.15, 0.2) is 29.3 Å². The quantitative estimate of drug-likeness (QED) is 0.622. The summed E-state index contributed by atoms with van der Waals surface area (Å²) in [7, 11) is 0. The SMILES string of the molecule is Cc1ccn2c(=O)c(C=O)cnc2c1. The predicted octanol–water partition coefficient (Wildman–Crippen LogP) is 0.815. The molecule has 0 unspecified atom stereocenters. The van der Waals surface area contributed by atoms with Crippen LogP contribution in [0.2, 0.25) is 0 Å². The summed E-state index contributed by atoms with van der Waals surface area (Å²) in [5.41, 5.74) is 1.33. The van der Waals surface area contributed by atoms with Gasteiger partial charge in [0.1, 0.15) is 5.65 Å². The summed E-state index contributed by atoms with van der Waals surface area (Å²) >= 11 is 0. The Morgan fingerprint density at radius 2 is 2.29 bits per heavy atom. The summed E-state index contributed by atoms with van der Waals surface area (Å²) in [5, 5.41) is 0. The van der Waals surface area contributed by atoms with Crippen molar-refractivity contribution in [2.45, 2.75) is 6.92 Å². The highest BCUT2D eigenvalue weighted by molar-refractivity contribution is 5.73. The molecule has 4 heteroatoms. The summed E-state index contributed by atoms with van der Waals surface area (Å²) in [6.45, 7) is 1.92. The van der Waals surface area contributed by atoms with E-state index >= 15 is 0 Å². The molecule has 0 amide bonds. The number of hydrogen-bond donors (Lipinski definition) is 0. The molecule has 0 aliphatic heterocycles. The second-order valence-electron chi connectivity index (χ2n) is 3.07. The number of rotatable bonds is 1. The number of carbonyl (C=O) groups excluding carboxylic acids is 1. The predicted molar refractivity (Wildman–Crippen MR) is 51.6 cm³/mol. The number of hydrogen-bond acceptors (Lipinski definition) is 3. The van der Waals surface area contributed by atoms with Crippen LogP contribution in [0.25, 0.3) is 5.65 Å². The smallest absolute Gasteiger partial charge is 0.268 e. The Bertz CT molecular complexity index is 558. The first-order valence-corrected chi connectivity index (χ1v) is 4.15. The van der Waals surface area contributed by atoms with Gasteiger partial charge in [-0.25, -0.2) is 4.98 Å².